The van der Waals surface area contributed by atoms with Gasteiger partial charge in [0.25, 0.3) is 0 Å². The van der Waals surface area contributed by atoms with E-state index in [2.05, 4.69) is 41.9 Å². The van der Waals surface area contributed by atoms with Crippen LogP contribution in [0.2, 0.25) is 14.8 Å². The van der Waals surface area contributed by atoms with E-state index in [1.165, 1.54) is 17.0 Å². The Hall–Kier alpha value is -4.41. The fraction of sp³-hybridized carbons (Fsp3) is 0.561. The number of nitrogens with zero attached hydrogens (tertiary/aromatic N) is 4. The number of esters is 2. The average molecular weight is 904 g/mol. The molecule has 0 saturated carbocycles. The van der Waals surface area contributed by atoms with E-state index in [1.54, 1.807) is 89.2 Å². The Balaban J connectivity index is 1.92. The molecule has 0 fully saturated rings. The Labute approximate surface area is 340 Å². The first-order chi connectivity index (χ1) is 25.9. The largest absolute Gasteiger partial charge is 0.444 e. The quantitative estimate of drug-likeness (QED) is 0.140. The van der Waals surface area contributed by atoms with E-state index in [4.69, 9.17) is 18.9 Å². The monoisotopic (exact) mass is 904 g/mol. The van der Waals surface area contributed by atoms with Crippen molar-refractivity contribution in [3.05, 3.63) is 64.5 Å². The number of ether oxygens (including phenoxy) is 4. The van der Waals surface area contributed by atoms with Crippen LogP contribution in [0.5, 0.6) is 0 Å². The van der Waals surface area contributed by atoms with Crippen molar-refractivity contribution in [2.75, 3.05) is 13.1 Å². The smallest absolute Gasteiger partial charge is 0.411 e. The van der Waals surface area contributed by atoms with E-state index in [1.807, 2.05) is 12.1 Å². The van der Waals surface area contributed by atoms with Crippen LogP contribution in [0.3, 0.4) is 0 Å². The molecule has 2 N–H and O–H groups in total. The minimum Gasteiger partial charge on any atom is -0.444 e. The minimum atomic E-state index is -2.78. The average Bonchev–Trinajstić information content (AvgIpc) is 3.00. The normalized spacial score (nSPS) is 13.6. The fourth-order valence-corrected chi connectivity index (χ4v) is 8.72. The third kappa shape index (κ3) is 16.5. The maximum absolute atomic E-state index is 15.1. The molecule has 3 rings (SSSR count). The van der Waals surface area contributed by atoms with E-state index in [9.17, 15) is 19.2 Å². The maximum Gasteiger partial charge on any atom is 0.411 e. The van der Waals surface area contributed by atoms with Crippen molar-refractivity contribution < 1.29 is 42.5 Å². The summed E-state index contributed by atoms with van der Waals surface area (Å²) in [5.41, 5.74) is 4.87. The summed E-state index contributed by atoms with van der Waals surface area (Å²) in [5.74, 6) is -1.23. The number of hydrogen-bond donors (Lipinski definition) is 2. The zero-order valence-electron chi connectivity index (χ0n) is 36.2. The van der Waals surface area contributed by atoms with Crippen LogP contribution in [0.25, 0.3) is 0 Å². The van der Waals surface area contributed by atoms with Crippen LogP contribution in [0, 0.1) is 5.82 Å². The molecule has 0 bridgehead atoms. The Bertz CT molecular complexity index is 1880. The molecule has 1 heterocycles. The molecule has 2 aromatic carbocycles. The van der Waals surface area contributed by atoms with Gasteiger partial charge in [0.05, 0.1) is 0 Å². The predicted molar refractivity (Wildman–Crippen MR) is 220 cm³/mol. The molecule has 2 aromatic rings. The van der Waals surface area contributed by atoms with Crippen LogP contribution >= 0.6 is 0 Å². The van der Waals surface area contributed by atoms with Crippen molar-refractivity contribution >= 4 is 57.8 Å². The molecule has 0 unspecified atom stereocenters. The van der Waals surface area contributed by atoms with Crippen molar-refractivity contribution in [2.24, 2.45) is 10.2 Å². The number of carbonyl (C=O) groups is 4. The Morgan fingerprint density at radius 3 is 1.30 bits per heavy atom. The van der Waals surface area contributed by atoms with Crippen molar-refractivity contribution in [1.82, 2.24) is 20.7 Å². The van der Waals surface area contributed by atoms with Gasteiger partial charge in [-0.25, -0.2) is 4.79 Å². The SMILES string of the molecule is CC(C)(C)OC(=O)CN(Cc1cc(F)cc(C2=NNC(c3cc(CN(CC(=O)OC(C)(C)C)C(=O)OC(C)(C)C)c[c]([Sn]([CH3])([CH3])[CH3])c3)=NN2)c1)C(=O)OC(C)(C)C. The molecule has 2 amide bonds. The van der Waals surface area contributed by atoms with Crippen LogP contribution in [0.1, 0.15) is 105 Å². The summed E-state index contributed by atoms with van der Waals surface area (Å²) in [5, 5.41) is 9.00. The molecular formula is C41H61FN6O8Sn. The van der Waals surface area contributed by atoms with Gasteiger partial charge < -0.3 is 9.47 Å². The van der Waals surface area contributed by atoms with Crippen LogP contribution in [0.15, 0.2) is 46.6 Å². The molecule has 0 spiro atoms. The summed E-state index contributed by atoms with van der Waals surface area (Å²) in [6, 6.07) is 10.1. The second-order valence-electron chi connectivity index (χ2n) is 19.0. The van der Waals surface area contributed by atoms with E-state index >= 15 is 4.39 Å². The number of amidine groups is 2. The topological polar surface area (TPSA) is 160 Å². The predicted octanol–water partition coefficient (Wildman–Crippen LogP) is 6.74. The third-order valence-electron chi connectivity index (χ3n) is 7.44. The second-order valence-corrected chi connectivity index (χ2v) is 33.5. The van der Waals surface area contributed by atoms with E-state index in [0.717, 1.165) is 14.0 Å². The van der Waals surface area contributed by atoms with Crippen molar-refractivity contribution in [1.29, 1.82) is 0 Å². The molecule has 314 valence electrons. The van der Waals surface area contributed by atoms with Gasteiger partial charge in [0.2, 0.25) is 0 Å². The van der Waals surface area contributed by atoms with E-state index < -0.39 is 77.3 Å². The second kappa shape index (κ2) is 18.0. The van der Waals surface area contributed by atoms with Gasteiger partial charge in [0, 0.05) is 0 Å². The molecule has 16 heteroatoms. The van der Waals surface area contributed by atoms with Gasteiger partial charge in [-0.1, -0.05) is 0 Å². The molecule has 0 radical (unpaired) electrons. The Morgan fingerprint density at radius 1 is 0.579 bits per heavy atom. The number of hydrazone groups is 2. The van der Waals surface area contributed by atoms with Gasteiger partial charge in [-0.05, 0) is 41.5 Å². The fourth-order valence-electron chi connectivity index (χ4n) is 5.28. The van der Waals surface area contributed by atoms with Crippen molar-refractivity contribution in [3.63, 3.8) is 0 Å². The van der Waals surface area contributed by atoms with E-state index in [-0.39, 0.29) is 25.5 Å². The van der Waals surface area contributed by atoms with Gasteiger partial charge in [-0.2, -0.15) is 0 Å². The molecule has 0 aliphatic carbocycles. The first kappa shape index (κ1) is 47.0. The van der Waals surface area contributed by atoms with E-state index in [0.29, 0.717) is 22.5 Å². The summed E-state index contributed by atoms with van der Waals surface area (Å²) >= 11 is -2.78. The summed E-state index contributed by atoms with van der Waals surface area (Å²) in [6.45, 7) is 20.0. The molecular weight excluding hydrogens is 842 g/mol. The first-order valence-corrected chi connectivity index (χ1v) is 28.9. The number of amides is 2. The molecule has 1 aliphatic rings. The molecule has 1 aliphatic heterocycles. The maximum atomic E-state index is 15.1. The van der Waals surface area contributed by atoms with Crippen LogP contribution < -0.4 is 14.4 Å². The van der Waals surface area contributed by atoms with Gasteiger partial charge in [0.15, 0.2) is 0 Å². The molecule has 57 heavy (non-hydrogen) atoms. The molecule has 0 saturated heterocycles. The van der Waals surface area contributed by atoms with Crippen molar-refractivity contribution in [3.8, 4) is 0 Å². The van der Waals surface area contributed by atoms with Crippen LogP contribution in [0.4, 0.5) is 14.0 Å². The number of benzene rings is 2. The number of hydrogen-bond acceptors (Lipinski definition) is 12. The zero-order valence-corrected chi connectivity index (χ0v) is 39.1. The van der Waals surface area contributed by atoms with Gasteiger partial charge in [0.1, 0.15) is 17.7 Å². The number of carbonyl (C=O) groups excluding carboxylic acids is 4. The first-order valence-electron chi connectivity index (χ1n) is 18.9. The molecule has 0 atom stereocenters. The van der Waals surface area contributed by atoms with Gasteiger partial charge >= 0.3 is 264 Å². The number of nitrogens with one attached hydrogen (secondary N) is 2. The summed E-state index contributed by atoms with van der Waals surface area (Å²) in [6.07, 6.45) is -1.42. The summed E-state index contributed by atoms with van der Waals surface area (Å²) in [4.78, 5) is 61.4. The zero-order chi connectivity index (χ0) is 43.3. The van der Waals surface area contributed by atoms with Gasteiger partial charge in [-0.3, -0.25) is 4.79 Å². The number of rotatable bonds is 11. The van der Waals surface area contributed by atoms with Gasteiger partial charge in [-0.15, -0.1) is 0 Å². The Morgan fingerprint density at radius 2 is 0.947 bits per heavy atom. The number of halogens is 1. The van der Waals surface area contributed by atoms with Crippen LogP contribution in [-0.4, -0.2) is 99.5 Å². The summed E-state index contributed by atoms with van der Waals surface area (Å²) in [7, 11) is 0. The summed E-state index contributed by atoms with van der Waals surface area (Å²) < 4.78 is 38.4. The third-order valence-corrected chi connectivity index (χ3v) is 13.2. The molecule has 0 aromatic heterocycles. The van der Waals surface area contributed by atoms with Crippen molar-refractivity contribution in [2.45, 2.75) is 133 Å². The standard InChI is InChI=1S/C38H52FN6O8.3CH3.Sn/c1-35(2,3)50-29(46)22-44(33(48)52-37(7,8)9)20-24-14-13-15-26(16-24)31-40-42-32(43-41-31)27-17-25(18-28(39)19-27)21-45(34(49)53-38(10,11)12)23-30(47)51-36(4,5)6;;;;/h14-19H,20-23H2,1-12H3,(H,40,41)(H,42,43);3*1H3;. The minimum absolute atomic E-state index is 0.0620. The molecule has 14 nitrogen and oxygen atoms in total. The Kier molecular flexibility index (Phi) is 14.9. The van der Waals surface area contributed by atoms with Crippen LogP contribution in [-0.2, 0) is 41.6 Å².